The Balaban J connectivity index is 0.00000288. The molecule has 5 nitrogen and oxygen atoms in total. The first-order valence-electron chi connectivity index (χ1n) is 8.16. The monoisotopic (exact) mass is 448 g/mol. The Labute approximate surface area is 159 Å². The summed E-state index contributed by atoms with van der Waals surface area (Å²) in [6.07, 6.45) is 2.54. The van der Waals surface area contributed by atoms with Gasteiger partial charge in [0.25, 0.3) is 5.91 Å². The highest BCUT2D eigenvalue weighted by Crippen LogP contribution is 2.28. The summed E-state index contributed by atoms with van der Waals surface area (Å²) in [6, 6.07) is 4.50. The zero-order valence-corrected chi connectivity index (χ0v) is 16.5. The summed E-state index contributed by atoms with van der Waals surface area (Å²) < 4.78 is 13.5. The van der Waals surface area contributed by atoms with E-state index in [1.54, 1.807) is 19.1 Å². The molecule has 24 heavy (non-hydrogen) atoms. The number of hydrogen-bond donors (Lipinski definition) is 3. The van der Waals surface area contributed by atoms with Crippen LogP contribution < -0.4 is 16.0 Å². The van der Waals surface area contributed by atoms with Crippen LogP contribution in [0.1, 0.15) is 35.7 Å². The van der Waals surface area contributed by atoms with Gasteiger partial charge in [-0.1, -0.05) is 6.07 Å². The van der Waals surface area contributed by atoms with E-state index in [1.807, 2.05) is 6.92 Å². The van der Waals surface area contributed by atoms with Gasteiger partial charge in [0.15, 0.2) is 5.96 Å². The van der Waals surface area contributed by atoms with Gasteiger partial charge >= 0.3 is 0 Å². The molecule has 134 valence electrons. The Kier molecular flexibility index (Phi) is 9.02. The maximum atomic E-state index is 13.5. The predicted octanol–water partition coefficient (Wildman–Crippen LogP) is 2.45. The van der Waals surface area contributed by atoms with Crippen LogP contribution in [0.5, 0.6) is 0 Å². The molecule has 1 saturated carbocycles. The van der Waals surface area contributed by atoms with Crippen LogP contribution >= 0.6 is 24.0 Å². The normalized spacial score (nSPS) is 13.9. The van der Waals surface area contributed by atoms with Gasteiger partial charge in [0.05, 0.1) is 0 Å². The number of aryl methyl sites for hydroxylation is 1. The van der Waals surface area contributed by atoms with Crippen molar-refractivity contribution in [1.29, 1.82) is 0 Å². The molecule has 1 aliphatic rings. The van der Waals surface area contributed by atoms with Gasteiger partial charge in [-0.3, -0.25) is 9.79 Å². The summed E-state index contributed by atoms with van der Waals surface area (Å²) in [6.45, 7) is 6.35. The molecular weight excluding hydrogens is 422 g/mol. The van der Waals surface area contributed by atoms with E-state index in [9.17, 15) is 9.18 Å². The number of carbonyl (C=O) groups is 1. The molecule has 0 atom stereocenters. The standard InChI is InChI=1S/C17H25FN4O.HI/c1-3-19-17(22-11-13-5-6-13)21-9-8-20-16(23)14-7-4-12(2)15(18)10-14;/h4,7,10,13H,3,5-6,8-9,11H2,1-2H3,(H,20,23)(H2,19,21,22);1H. The average molecular weight is 448 g/mol. The molecule has 3 N–H and O–H groups in total. The van der Waals surface area contributed by atoms with Gasteiger partial charge in [-0.25, -0.2) is 4.39 Å². The highest BCUT2D eigenvalue weighted by Gasteiger charge is 2.20. The quantitative estimate of drug-likeness (QED) is 0.260. The molecule has 1 fully saturated rings. The number of rotatable bonds is 7. The first-order chi connectivity index (χ1) is 11.1. The van der Waals surface area contributed by atoms with Crippen LogP contribution in [-0.2, 0) is 0 Å². The number of benzene rings is 1. The van der Waals surface area contributed by atoms with Gasteiger partial charge < -0.3 is 16.0 Å². The van der Waals surface area contributed by atoms with Crippen molar-refractivity contribution in [1.82, 2.24) is 16.0 Å². The van der Waals surface area contributed by atoms with E-state index in [4.69, 9.17) is 0 Å². The number of amides is 1. The fourth-order valence-corrected chi connectivity index (χ4v) is 2.06. The topological polar surface area (TPSA) is 65.5 Å². The summed E-state index contributed by atoms with van der Waals surface area (Å²) in [4.78, 5) is 16.5. The average Bonchev–Trinajstić information content (AvgIpc) is 3.35. The van der Waals surface area contributed by atoms with E-state index >= 15 is 0 Å². The second-order valence-corrected chi connectivity index (χ2v) is 5.81. The SMILES string of the molecule is CCNC(=NCC1CC1)NCCNC(=O)c1ccc(C)c(F)c1.I. The number of carbonyl (C=O) groups excluding carboxylic acids is 1. The molecule has 2 rings (SSSR count). The Morgan fingerprint density at radius 1 is 1.25 bits per heavy atom. The molecule has 0 bridgehead atoms. The van der Waals surface area contributed by atoms with Crippen molar-refractivity contribution in [3.63, 3.8) is 0 Å². The molecule has 1 amide bonds. The minimum Gasteiger partial charge on any atom is -0.357 e. The van der Waals surface area contributed by atoms with Crippen LogP contribution in [0.25, 0.3) is 0 Å². The molecule has 1 aliphatic carbocycles. The van der Waals surface area contributed by atoms with Crippen LogP contribution in [0.4, 0.5) is 4.39 Å². The van der Waals surface area contributed by atoms with Crippen LogP contribution in [0, 0.1) is 18.7 Å². The summed E-state index contributed by atoms with van der Waals surface area (Å²) in [5.74, 6) is 0.875. The first-order valence-corrected chi connectivity index (χ1v) is 8.16. The minimum absolute atomic E-state index is 0. The molecular formula is C17H26FIN4O. The lowest BCUT2D eigenvalue weighted by Crippen LogP contribution is -2.41. The van der Waals surface area contributed by atoms with Gasteiger partial charge in [0.1, 0.15) is 5.82 Å². The minimum atomic E-state index is -0.364. The van der Waals surface area contributed by atoms with E-state index in [1.165, 1.54) is 18.9 Å². The van der Waals surface area contributed by atoms with Crippen molar-refractivity contribution in [3.8, 4) is 0 Å². The predicted molar refractivity (Wildman–Crippen MR) is 106 cm³/mol. The number of guanidine groups is 1. The van der Waals surface area contributed by atoms with Crippen molar-refractivity contribution in [2.75, 3.05) is 26.2 Å². The highest BCUT2D eigenvalue weighted by molar-refractivity contribution is 14.0. The second-order valence-electron chi connectivity index (χ2n) is 5.81. The number of halogens is 2. The van der Waals surface area contributed by atoms with Crippen molar-refractivity contribution in [2.45, 2.75) is 26.7 Å². The molecule has 1 aromatic rings. The van der Waals surface area contributed by atoms with Crippen molar-refractivity contribution < 1.29 is 9.18 Å². The maximum Gasteiger partial charge on any atom is 0.251 e. The highest BCUT2D eigenvalue weighted by atomic mass is 127. The van der Waals surface area contributed by atoms with Gasteiger partial charge in [-0.2, -0.15) is 0 Å². The van der Waals surface area contributed by atoms with Crippen LogP contribution in [0.3, 0.4) is 0 Å². The third-order valence-electron chi connectivity index (χ3n) is 3.69. The van der Waals surface area contributed by atoms with Crippen molar-refractivity contribution in [3.05, 3.63) is 35.1 Å². The zero-order valence-electron chi connectivity index (χ0n) is 14.2. The summed E-state index contributed by atoms with van der Waals surface area (Å²) in [5, 5.41) is 9.13. The third-order valence-corrected chi connectivity index (χ3v) is 3.69. The van der Waals surface area contributed by atoms with Crippen molar-refractivity contribution >= 4 is 35.8 Å². The second kappa shape index (κ2) is 10.5. The molecule has 0 radical (unpaired) electrons. The third kappa shape index (κ3) is 7.02. The molecule has 0 unspecified atom stereocenters. The van der Waals surface area contributed by atoms with Gasteiger partial charge in [0.2, 0.25) is 0 Å². The van der Waals surface area contributed by atoms with Gasteiger partial charge in [0, 0.05) is 31.7 Å². The Bertz CT molecular complexity index is 576. The number of nitrogens with zero attached hydrogens (tertiary/aromatic N) is 1. The summed E-state index contributed by atoms with van der Waals surface area (Å²) >= 11 is 0. The molecule has 0 aliphatic heterocycles. The Hall–Kier alpha value is -1.38. The lowest BCUT2D eigenvalue weighted by Gasteiger charge is -2.12. The lowest BCUT2D eigenvalue weighted by atomic mass is 10.1. The number of hydrogen-bond acceptors (Lipinski definition) is 2. The fourth-order valence-electron chi connectivity index (χ4n) is 2.06. The zero-order chi connectivity index (χ0) is 16.7. The Morgan fingerprint density at radius 2 is 1.96 bits per heavy atom. The van der Waals surface area contributed by atoms with E-state index in [0.717, 1.165) is 25.0 Å². The largest absolute Gasteiger partial charge is 0.357 e. The Morgan fingerprint density at radius 3 is 2.58 bits per heavy atom. The van der Waals surface area contributed by atoms with E-state index in [0.29, 0.717) is 24.2 Å². The number of aliphatic imine (C=N–C) groups is 1. The van der Waals surface area contributed by atoms with Crippen LogP contribution in [-0.4, -0.2) is 38.0 Å². The summed E-state index contributed by atoms with van der Waals surface area (Å²) in [5.41, 5.74) is 0.868. The van der Waals surface area contributed by atoms with Crippen molar-refractivity contribution in [2.24, 2.45) is 10.9 Å². The maximum absolute atomic E-state index is 13.5. The molecule has 1 aromatic carbocycles. The van der Waals surface area contributed by atoms with Gasteiger partial charge in [-0.05, 0) is 50.3 Å². The van der Waals surface area contributed by atoms with E-state index in [-0.39, 0.29) is 35.7 Å². The molecule has 0 spiro atoms. The molecule has 0 aromatic heterocycles. The van der Waals surface area contributed by atoms with Crippen LogP contribution in [0.2, 0.25) is 0 Å². The smallest absolute Gasteiger partial charge is 0.251 e. The summed E-state index contributed by atoms with van der Waals surface area (Å²) in [7, 11) is 0. The van der Waals surface area contributed by atoms with Crippen LogP contribution in [0.15, 0.2) is 23.2 Å². The molecule has 0 saturated heterocycles. The molecule has 7 heteroatoms. The lowest BCUT2D eigenvalue weighted by molar-refractivity contribution is 0.0954. The fraction of sp³-hybridized carbons (Fsp3) is 0.529. The van der Waals surface area contributed by atoms with E-state index < -0.39 is 0 Å². The van der Waals surface area contributed by atoms with Gasteiger partial charge in [-0.15, -0.1) is 24.0 Å². The van der Waals surface area contributed by atoms with E-state index in [2.05, 4.69) is 20.9 Å². The first kappa shape index (κ1) is 20.7. The molecule has 0 heterocycles. The number of nitrogens with one attached hydrogen (secondary N) is 3.